The molecule has 0 radical (unpaired) electrons. The summed E-state index contributed by atoms with van der Waals surface area (Å²) >= 11 is 1.73. The van der Waals surface area contributed by atoms with Crippen molar-refractivity contribution in [3.8, 4) is 28.3 Å². The van der Waals surface area contributed by atoms with E-state index in [9.17, 15) is 0 Å². The van der Waals surface area contributed by atoms with Crippen LogP contribution >= 0.6 is 11.8 Å². The van der Waals surface area contributed by atoms with Crippen LogP contribution in [0.1, 0.15) is 6.92 Å². The van der Waals surface area contributed by atoms with Gasteiger partial charge in [0.25, 0.3) is 0 Å². The highest BCUT2D eigenvalue weighted by Crippen LogP contribution is 2.33. The zero-order chi connectivity index (χ0) is 17.9. The third-order valence-electron chi connectivity index (χ3n) is 4.21. The Morgan fingerprint density at radius 1 is 1.00 bits per heavy atom. The number of nitrogens with zero attached hydrogens (tertiary/aromatic N) is 3. The van der Waals surface area contributed by atoms with E-state index in [1.165, 1.54) is 4.90 Å². The van der Waals surface area contributed by atoms with Crippen molar-refractivity contribution in [2.24, 2.45) is 0 Å². The minimum atomic E-state index is 0.659. The fourth-order valence-electron chi connectivity index (χ4n) is 2.99. The van der Waals surface area contributed by atoms with E-state index in [1.807, 2.05) is 35.7 Å². The van der Waals surface area contributed by atoms with Crippen molar-refractivity contribution in [3.63, 3.8) is 0 Å². The molecule has 26 heavy (non-hydrogen) atoms. The third kappa shape index (κ3) is 3.06. The van der Waals surface area contributed by atoms with Gasteiger partial charge in [0.2, 0.25) is 5.78 Å². The van der Waals surface area contributed by atoms with Gasteiger partial charge in [0, 0.05) is 28.4 Å². The number of ether oxygens (including phenoxy) is 1. The number of thioether (sulfide) groups is 1. The summed E-state index contributed by atoms with van der Waals surface area (Å²) in [4.78, 5) is 10.4. The molecule has 0 fully saturated rings. The van der Waals surface area contributed by atoms with Crippen molar-refractivity contribution in [3.05, 3.63) is 67.0 Å². The number of hydrogen-bond donors (Lipinski definition) is 0. The van der Waals surface area contributed by atoms with Gasteiger partial charge in [0.15, 0.2) is 0 Å². The van der Waals surface area contributed by atoms with Crippen molar-refractivity contribution in [1.82, 2.24) is 14.4 Å². The number of aromatic nitrogens is 3. The molecule has 4 nitrogen and oxygen atoms in total. The van der Waals surface area contributed by atoms with Gasteiger partial charge in [-0.1, -0.05) is 12.1 Å². The van der Waals surface area contributed by atoms with Gasteiger partial charge in [-0.05, 0) is 55.6 Å². The molecular formula is C21H19N3OS. The SMILES string of the molecule is CCOc1ccc(-c2c(-c3ccc(SC)cc3)nc3ncccn23)cc1. The largest absolute Gasteiger partial charge is 0.494 e. The summed E-state index contributed by atoms with van der Waals surface area (Å²) in [5.41, 5.74) is 4.13. The van der Waals surface area contributed by atoms with Crippen molar-refractivity contribution in [2.75, 3.05) is 12.9 Å². The molecule has 2 aromatic carbocycles. The van der Waals surface area contributed by atoms with Crippen LogP contribution in [0, 0.1) is 0 Å². The van der Waals surface area contributed by atoms with Crippen LogP contribution in [0.4, 0.5) is 0 Å². The van der Waals surface area contributed by atoms with E-state index in [0.29, 0.717) is 12.4 Å². The summed E-state index contributed by atoms with van der Waals surface area (Å²) < 4.78 is 7.60. The second-order valence-electron chi connectivity index (χ2n) is 5.78. The van der Waals surface area contributed by atoms with Gasteiger partial charge in [0.05, 0.1) is 18.0 Å². The lowest BCUT2D eigenvalue weighted by Gasteiger charge is -2.08. The van der Waals surface area contributed by atoms with Crippen LogP contribution in [-0.4, -0.2) is 27.2 Å². The second kappa shape index (κ2) is 7.22. The van der Waals surface area contributed by atoms with Crippen LogP contribution < -0.4 is 4.74 Å². The molecule has 0 aliphatic rings. The zero-order valence-corrected chi connectivity index (χ0v) is 15.5. The smallest absolute Gasteiger partial charge is 0.234 e. The molecule has 130 valence electrons. The number of fused-ring (bicyclic) bond motifs is 1. The summed E-state index contributed by atoms with van der Waals surface area (Å²) in [5.74, 6) is 1.56. The molecule has 2 heterocycles. The van der Waals surface area contributed by atoms with E-state index in [2.05, 4.69) is 47.6 Å². The van der Waals surface area contributed by atoms with Crippen molar-refractivity contribution < 1.29 is 4.74 Å². The van der Waals surface area contributed by atoms with Crippen LogP contribution in [0.3, 0.4) is 0 Å². The van der Waals surface area contributed by atoms with Crippen LogP contribution in [0.15, 0.2) is 71.9 Å². The van der Waals surface area contributed by atoms with E-state index in [-0.39, 0.29) is 0 Å². The lowest BCUT2D eigenvalue weighted by Crippen LogP contribution is -1.93. The number of rotatable bonds is 5. The topological polar surface area (TPSA) is 39.4 Å². The number of imidazole rings is 1. The Bertz CT molecular complexity index is 1020. The van der Waals surface area contributed by atoms with E-state index in [4.69, 9.17) is 9.72 Å². The summed E-state index contributed by atoms with van der Waals surface area (Å²) in [5, 5.41) is 0. The van der Waals surface area contributed by atoms with Gasteiger partial charge in [-0.2, -0.15) is 0 Å². The van der Waals surface area contributed by atoms with E-state index < -0.39 is 0 Å². The number of benzene rings is 2. The third-order valence-corrected chi connectivity index (χ3v) is 4.95. The van der Waals surface area contributed by atoms with E-state index in [1.54, 1.807) is 18.0 Å². The van der Waals surface area contributed by atoms with Gasteiger partial charge < -0.3 is 4.74 Å². The highest BCUT2D eigenvalue weighted by Gasteiger charge is 2.16. The second-order valence-corrected chi connectivity index (χ2v) is 6.66. The fourth-order valence-corrected chi connectivity index (χ4v) is 3.40. The average Bonchev–Trinajstić information content (AvgIpc) is 3.08. The molecular weight excluding hydrogens is 342 g/mol. The van der Waals surface area contributed by atoms with Crippen molar-refractivity contribution in [2.45, 2.75) is 11.8 Å². The molecule has 5 heteroatoms. The Hall–Kier alpha value is -2.79. The highest BCUT2D eigenvalue weighted by molar-refractivity contribution is 7.98. The maximum Gasteiger partial charge on any atom is 0.234 e. The molecule has 0 aliphatic heterocycles. The molecule has 0 bridgehead atoms. The van der Waals surface area contributed by atoms with Gasteiger partial charge in [-0.25, -0.2) is 9.97 Å². The summed E-state index contributed by atoms with van der Waals surface area (Å²) in [7, 11) is 0. The molecule has 0 unspecified atom stereocenters. The summed E-state index contributed by atoms with van der Waals surface area (Å²) in [6.07, 6.45) is 5.85. The maximum absolute atomic E-state index is 5.57. The Kier molecular flexibility index (Phi) is 4.63. The van der Waals surface area contributed by atoms with Crippen molar-refractivity contribution >= 4 is 17.5 Å². The summed E-state index contributed by atoms with van der Waals surface area (Å²) in [6, 6.07) is 18.5. The average molecular weight is 361 g/mol. The minimum Gasteiger partial charge on any atom is -0.494 e. The molecule has 0 saturated heterocycles. The predicted octanol–water partition coefficient (Wildman–Crippen LogP) is 5.18. The monoisotopic (exact) mass is 361 g/mol. The minimum absolute atomic E-state index is 0.659. The Balaban J connectivity index is 1.88. The van der Waals surface area contributed by atoms with E-state index in [0.717, 1.165) is 28.3 Å². The molecule has 4 rings (SSSR count). The first kappa shape index (κ1) is 16.7. The van der Waals surface area contributed by atoms with Gasteiger partial charge in [-0.15, -0.1) is 11.8 Å². The predicted molar refractivity (Wildman–Crippen MR) is 107 cm³/mol. The molecule has 4 aromatic rings. The van der Waals surface area contributed by atoms with Gasteiger partial charge >= 0.3 is 0 Å². The van der Waals surface area contributed by atoms with Crippen LogP contribution in [0.2, 0.25) is 0 Å². The molecule has 0 spiro atoms. The number of hydrogen-bond acceptors (Lipinski definition) is 4. The van der Waals surface area contributed by atoms with Gasteiger partial charge in [-0.3, -0.25) is 4.40 Å². The van der Waals surface area contributed by atoms with Crippen molar-refractivity contribution in [1.29, 1.82) is 0 Å². The maximum atomic E-state index is 5.57. The molecule has 0 aliphatic carbocycles. The lowest BCUT2D eigenvalue weighted by molar-refractivity contribution is 0.340. The molecule has 2 aromatic heterocycles. The standard InChI is InChI=1S/C21H19N3OS/c1-3-25-17-9-5-16(6-10-17)20-19(15-7-11-18(26-2)12-8-15)23-21-22-13-4-14-24(20)21/h4-14H,3H2,1-2H3. The van der Waals surface area contributed by atoms with Gasteiger partial charge in [0.1, 0.15) is 5.75 Å². The first-order valence-corrected chi connectivity index (χ1v) is 9.73. The van der Waals surface area contributed by atoms with Crippen LogP contribution in [-0.2, 0) is 0 Å². The van der Waals surface area contributed by atoms with E-state index >= 15 is 0 Å². The molecule has 0 saturated carbocycles. The first-order valence-electron chi connectivity index (χ1n) is 8.51. The Morgan fingerprint density at radius 2 is 1.73 bits per heavy atom. The highest BCUT2D eigenvalue weighted by atomic mass is 32.2. The lowest BCUT2D eigenvalue weighted by atomic mass is 10.0. The Morgan fingerprint density at radius 3 is 2.42 bits per heavy atom. The normalized spacial score (nSPS) is 11.0. The zero-order valence-electron chi connectivity index (χ0n) is 14.7. The Labute approximate surface area is 156 Å². The summed E-state index contributed by atoms with van der Waals surface area (Å²) in [6.45, 7) is 2.65. The fraction of sp³-hybridized carbons (Fsp3) is 0.143. The molecule has 0 amide bonds. The molecule has 0 atom stereocenters. The first-order chi connectivity index (χ1) is 12.8. The quantitative estimate of drug-likeness (QED) is 0.459. The van der Waals surface area contributed by atoms with Crippen LogP contribution in [0.5, 0.6) is 5.75 Å². The molecule has 0 N–H and O–H groups in total. The van der Waals surface area contributed by atoms with Crippen LogP contribution in [0.25, 0.3) is 28.3 Å².